The Balaban J connectivity index is 0.000000754. The predicted octanol–water partition coefficient (Wildman–Crippen LogP) is 5.43. The Morgan fingerprint density at radius 2 is 1.41 bits per heavy atom. The minimum Gasteiger partial charge on any atom is -0.463 e. The number of ketones is 1. The van der Waals surface area contributed by atoms with Gasteiger partial charge in [-0.1, -0.05) is 44.0 Å². The number of aliphatic hydroxyl groups excluding tert-OH is 2. The summed E-state index contributed by atoms with van der Waals surface area (Å²) >= 11 is 0.0230. The number of primary amides is 6. The Kier molecular flexibility index (Phi) is 28.2. The number of Topliss-reactive ketones (excluding diaryl/α,β-unsaturated/α-hetero) is 1. The zero-order chi connectivity index (χ0) is 82.4. The van der Waals surface area contributed by atoms with Gasteiger partial charge in [-0.25, -0.2) is 9.78 Å². The number of nitrogens with zero attached hydrogens (tertiary/aromatic N) is 7. The molecule has 9 rings (SSSR count). The maximum absolute atomic E-state index is 14.5. The number of nitriles is 1. The molecule has 2 unspecified atom stereocenters. The molecule has 2 saturated heterocycles. The van der Waals surface area contributed by atoms with Crippen molar-refractivity contribution < 1.29 is 96.3 Å². The molecule has 0 radical (unpaired) electrons. The number of aryl methyl sites for hydroxylation is 3. The number of allylic oxidation sites excluding steroid dienone is 6. The first-order chi connectivity index (χ1) is 52.0. The van der Waals surface area contributed by atoms with Crippen LogP contribution in [0.3, 0.4) is 0 Å². The van der Waals surface area contributed by atoms with Crippen LogP contribution in [0.25, 0.3) is 11.0 Å². The van der Waals surface area contributed by atoms with Gasteiger partial charge >= 0.3 is 423 Å². The van der Waals surface area contributed by atoms with Crippen molar-refractivity contribution in [3.8, 4) is 5.00 Å². The Morgan fingerprint density at radius 1 is 0.793 bits per heavy atom. The molecule has 111 heavy (non-hydrogen) atoms. The number of phosphoric acid groups is 1. The molecule has 15 N–H and O–H groups in total. The van der Waals surface area contributed by atoms with Crippen molar-refractivity contribution in [3.05, 3.63) is 99.3 Å². The molecule has 2 fully saturated rings. The molecule has 15 atom stereocenters. The number of carbonyl (C=O) groups is 9. The number of aliphatic hydroxyl groups is 2. The van der Waals surface area contributed by atoms with Gasteiger partial charge in [-0.2, -0.15) is 0 Å². The predicted molar refractivity (Wildman–Crippen MR) is 406 cm³/mol. The molecule has 6 aliphatic heterocycles. The third-order valence-electron chi connectivity index (χ3n) is 23.7. The topological polar surface area (TPSA) is 521 Å². The second-order valence-corrected chi connectivity index (χ2v) is 33.9. The van der Waals surface area contributed by atoms with Crippen molar-refractivity contribution in [1.29, 1.82) is 5.26 Å². The molecule has 8 bridgehead atoms. The quantitative estimate of drug-likeness (QED) is 0.0156. The molecule has 33 heteroatoms. The number of nitrogens with one attached hydrogen (secondary N) is 1. The second kappa shape index (κ2) is 35.6. The van der Waals surface area contributed by atoms with Crippen LogP contribution in [-0.4, -0.2) is 150 Å². The van der Waals surface area contributed by atoms with Crippen LogP contribution in [0.2, 0.25) is 0 Å². The summed E-state index contributed by atoms with van der Waals surface area (Å²) in [5, 5.41) is 37.9. The fourth-order valence-corrected chi connectivity index (χ4v) is 19.9. The molecule has 3 aromatic rings. The zero-order valence-corrected chi connectivity index (χ0v) is 67.4. The molecule has 0 spiro atoms. The first-order valence-corrected chi connectivity index (χ1v) is 39.8. The van der Waals surface area contributed by atoms with Crippen molar-refractivity contribution in [3.63, 3.8) is 0 Å². The van der Waals surface area contributed by atoms with E-state index in [1.807, 2.05) is 71.9 Å². The molecule has 6 aliphatic rings. The summed E-state index contributed by atoms with van der Waals surface area (Å²) in [6.45, 7) is 21.0. The average molecular weight is 1600 g/mol. The molecule has 31 nitrogen and oxygen atoms in total. The average Bonchev–Trinajstić information content (AvgIpc) is 1.51. The maximum atomic E-state index is 14.5. The summed E-state index contributed by atoms with van der Waals surface area (Å²) in [6, 6.07) is 10.4. The molecular weight excluding hydrogens is 1490 g/mol. The third-order valence-corrected chi connectivity index (χ3v) is 25.9. The fourth-order valence-electron chi connectivity index (χ4n) is 17.6. The minimum atomic E-state index is -5.35. The van der Waals surface area contributed by atoms with Gasteiger partial charge in [0.05, 0.1) is 31.1 Å². The summed E-state index contributed by atoms with van der Waals surface area (Å²) in [5.74, 6) is -9.15. The Bertz CT molecular complexity index is 4450. The Hall–Kier alpha value is -8.64. The van der Waals surface area contributed by atoms with Crippen molar-refractivity contribution in [1.82, 2.24) is 18.8 Å². The minimum absolute atomic E-state index is 0.0111. The molecule has 2 aromatic carbocycles. The summed E-state index contributed by atoms with van der Waals surface area (Å²) in [7, 11) is -4.12. The van der Waals surface area contributed by atoms with E-state index in [0.717, 1.165) is 29.5 Å². The summed E-state index contributed by atoms with van der Waals surface area (Å²) in [4.78, 5) is 151. The number of nitrogens with two attached hydrogens (primary N) is 6. The van der Waals surface area contributed by atoms with Gasteiger partial charge in [-0.3, -0.25) is 9.36 Å². The molecular formula is C78H108CoN14O17P. The summed E-state index contributed by atoms with van der Waals surface area (Å²) in [6.07, 6.45) is -0.674. The van der Waals surface area contributed by atoms with Crippen LogP contribution in [0.15, 0.2) is 92.0 Å². The molecule has 0 saturated carbocycles. The molecule has 0 aliphatic carbocycles. The van der Waals surface area contributed by atoms with Crippen LogP contribution in [0.4, 0.5) is 0 Å². The van der Waals surface area contributed by atoms with E-state index >= 15 is 0 Å². The van der Waals surface area contributed by atoms with Gasteiger partial charge in [0.15, 0.2) is 6.23 Å². The normalized spacial score (nSPS) is 29.8. The zero-order valence-electron chi connectivity index (χ0n) is 65.5. The van der Waals surface area contributed by atoms with Crippen LogP contribution in [-0.2, 0) is 94.0 Å². The molecule has 7 amide bonds. The number of hydrogen-bond donors (Lipinski definition) is 9. The number of methoxy groups -OCH3 is 1. The number of benzene rings is 2. The van der Waals surface area contributed by atoms with E-state index < -0.39 is 155 Å². The van der Waals surface area contributed by atoms with Gasteiger partial charge in [0.2, 0.25) is 5.78 Å². The Morgan fingerprint density at radius 3 is 2.01 bits per heavy atom. The summed E-state index contributed by atoms with van der Waals surface area (Å²) < 4.78 is 38.1. The van der Waals surface area contributed by atoms with E-state index in [1.165, 1.54) is 43.3 Å². The molecule has 7 heterocycles. The molecule has 606 valence electrons. The second-order valence-electron chi connectivity index (χ2n) is 31.7. The molecule has 1 aromatic heterocycles. The number of esters is 1. The number of hydrogen-bond acceptors (Lipinski definition) is 23. The number of ether oxygens (including phenoxy) is 2. The number of aromatic nitrogens is 2. The summed E-state index contributed by atoms with van der Waals surface area (Å²) in [5.41, 5.74) is 38.4. The van der Waals surface area contributed by atoms with Gasteiger partial charge in [0.25, 0.3) is 7.82 Å². The van der Waals surface area contributed by atoms with Gasteiger partial charge in [-0.15, -0.1) is 0 Å². The third kappa shape index (κ3) is 18.7. The number of imidazole rings is 1. The number of unbranched alkanes of at least 4 members (excludes halogenated alkanes) is 2. The van der Waals surface area contributed by atoms with E-state index in [-0.39, 0.29) is 98.5 Å². The van der Waals surface area contributed by atoms with E-state index in [1.54, 1.807) is 37.7 Å². The van der Waals surface area contributed by atoms with Crippen LogP contribution >= 0.6 is 7.82 Å². The van der Waals surface area contributed by atoms with Crippen molar-refractivity contribution in [2.24, 2.45) is 94.7 Å². The Labute approximate surface area is 653 Å². The van der Waals surface area contributed by atoms with E-state index in [2.05, 4.69) is 33.0 Å². The van der Waals surface area contributed by atoms with Crippen molar-refractivity contribution >= 4 is 89.1 Å². The first-order valence-electron chi connectivity index (χ1n) is 37.4. The van der Waals surface area contributed by atoms with Crippen molar-refractivity contribution in [2.75, 3.05) is 20.3 Å². The number of phosphoric ester groups is 1. The van der Waals surface area contributed by atoms with E-state index in [4.69, 9.17) is 63.2 Å². The van der Waals surface area contributed by atoms with E-state index in [0.29, 0.717) is 56.4 Å². The SMILES string of the molecule is C/C1=C2N=C(/C=C3N=C(/C(C)=C4/[C@@H](CCC(N)=O)[C@](C)(CC(N)=O)[C@](C)([C@@H]5N=C1[C@](C)(CCC(=O)NCC(C)OP(=O)([O-])O[C@H]1[C@@H](O)[C@@H](n6cnc7cc(C)c(C)cc76)O[C@@H]1CO)[C@H]5CC(N)=O)[N]4[Co+][C]#N)[C@@](C)(CC(N)=O)[C@@H]\3CCC(N)=O)C(C)(C)[C@@H]/2CCC(N)=O.CCCCCc1cccc(CC(=O)C(=O)OC)c1. The van der Waals surface area contributed by atoms with Gasteiger partial charge < -0.3 is 33.7 Å². The standard InChI is InChI=1S/C62H90N13O14P.C15H20O3.CN.Co/c1-29-20-39-40(21-30(29)2)75(28-70-39)57-52(84)53(41(27-76)87-57)89-90(85,86)88-31(3)26-69-49(83)18-19-59(8)37(22-46(66)80)56-62(11)61(10,25-48(68)82)36(14-17-45(65)79)51(74-62)33(5)55-60(9,24-47(67)81)34(12-15-43(63)77)38(71-55)23-42-58(6,7)35(13-16-44(64)78)50(72-42)32(4)54(59)73-56;1-3-4-5-7-12-8-6-9-13(10-12)11-14(16)15(17)18-2;1-2;/h20-21,23,28,31,34-37,41,52-53,56-57,76,84H,12-19,22,24-27H2,1-11H3,(H15,63,64,65,66,67,68,69,71,72,73,74,77,78,79,80,81,82,83,85,86);6,8-10H,3-5,7,11H2,1-2H3;;/q;;;+2/p-2/t31?,34-,35-,36-,37+,41-,52-,53-,56-,57+,59-,60+,61+,62+;;;/m1.../s1. The van der Waals surface area contributed by atoms with Gasteiger partial charge in [-0.05, 0) is 61.1 Å². The smallest absolute Gasteiger partial charge is 0.463 e. The fraction of sp³-hybridized carbons (Fsp3) is 0.590. The van der Waals surface area contributed by atoms with Crippen molar-refractivity contribution in [2.45, 2.75) is 228 Å². The number of carbonyl (C=O) groups excluding carboxylic acids is 9. The van der Waals surface area contributed by atoms with Crippen LogP contribution in [0, 0.1) is 69.4 Å². The number of amides is 7. The van der Waals surface area contributed by atoms with Crippen LogP contribution in [0.1, 0.15) is 188 Å². The number of aliphatic imine (C=N–C) groups is 3. The first kappa shape index (κ1) is 87.9. The van der Waals surface area contributed by atoms with Crippen LogP contribution < -0.4 is 44.6 Å². The van der Waals surface area contributed by atoms with Crippen LogP contribution in [0.5, 0.6) is 0 Å². The van der Waals surface area contributed by atoms with E-state index in [9.17, 15) is 68.1 Å². The number of rotatable bonds is 34. The van der Waals surface area contributed by atoms with Gasteiger partial charge in [0.1, 0.15) is 18.3 Å². The van der Waals surface area contributed by atoms with Gasteiger partial charge in [0, 0.05) is 6.42 Å². The monoisotopic (exact) mass is 1600 g/mol. The number of fused-ring (bicyclic) bond motifs is 7.